The zero-order valence-corrected chi connectivity index (χ0v) is 13.8. The Kier molecular flexibility index (Phi) is 5.66. The Morgan fingerprint density at radius 2 is 1.88 bits per heavy atom. The first-order valence-corrected chi connectivity index (χ1v) is 7.35. The Labute approximate surface area is 141 Å². The van der Waals surface area contributed by atoms with Crippen LogP contribution in [0.1, 0.15) is 42.8 Å². The lowest BCUT2D eigenvalue weighted by atomic mass is 10.2. The quantitative estimate of drug-likeness (QED) is 0.784. The number of nitrogens with zero attached hydrogens (tertiary/aromatic N) is 2. The highest BCUT2D eigenvalue weighted by molar-refractivity contribution is 5.94. The van der Waals surface area contributed by atoms with E-state index in [4.69, 9.17) is 4.74 Å². The second-order valence-electron chi connectivity index (χ2n) is 5.41. The van der Waals surface area contributed by atoms with E-state index < -0.39 is 36.2 Å². The Balaban J connectivity index is 2.30. The van der Waals surface area contributed by atoms with Gasteiger partial charge in [0.1, 0.15) is 23.2 Å². The number of rotatable bonds is 6. The van der Waals surface area contributed by atoms with Crippen LogP contribution in [0.15, 0.2) is 24.3 Å². The van der Waals surface area contributed by atoms with Crippen molar-refractivity contribution < 1.29 is 27.1 Å². The van der Waals surface area contributed by atoms with Gasteiger partial charge in [-0.15, -0.1) is 0 Å². The minimum absolute atomic E-state index is 0.346. The molecule has 1 amide bonds. The highest BCUT2D eigenvalue weighted by Crippen LogP contribution is 2.29. The van der Waals surface area contributed by atoms with Crippen molar-refractivity contribution in [1.82, 2.24) is 9.78 Å². The Morgan fingerprint density at radius 3 is 2.44 bits per heavy atom. The van der Waals surface area contributed by atoms with E-state index in [0.29, 0.717) is 22.2 Å². The monoisotopic (exact) mass is 359 g/mol. The van der Waals surface area contributed by atoms with Gasteiger partial charge in [-0.2, -0.15) is 5.10 Å². The molecule has 1 atom stereocenters. The molecule has 25 heavy (non-hydrogen) atoms. The highest BCUT2D eigenvalue weighted by atomic mass is 19.3. The number of aryl methyl sites for hydroxylation is 1. The number of nitrogens with one attached hydrogen (secondary N) is 1. The maximum Gasteiger partial charge on any atom is 0.282 e. The summed E-state index contributed by atoms with van der Waals surface area (Å²) >= 11 is 0. The number of methoxy groups -OCH3 is 1. The fourth-order valence-corrected chi connectivity index (χ4v) is 2.28. The predicted molar refractivity (Wildman–Crippen MR) is 83.2 cm³/mol. The molecule has 0 aliphatic carbocycles. The molecule has 9 heteroatoms. The average molecular weight is 359 g/mol. The number of hydrogen-bond donors (Lipinski definition) is 1. The number of hydrogen-bond acceptors (Lipinski definition) is 3. The van der Waals surface area contributed by atoms with Gasteiger partial charge in [0, 0.05) is 0 Å². The average Bonchev–Trinajstić information content (AvgIpc) is 3.00. The molecule has 0 radical (unpaired) electrons. The molecular formula is C16H17F4N3O2. The normalized spacial score (nSPS) is 12.5. The van der Waals surface area contributed by atoms with Gasteiger partial charge < -0.3 is 10.1 Å². The zero-order valence-electron chi connectivity index (χ0n) is 13.8. The second kappa shape index (κ2) is 7.54. The molecule has 5 nitrogen and oxygen atoms in total. The van der Waals surface area contributed by atoms with E-state index in [0.717, 1.165) is 5.56 Å². The van der Waals surface area contributed by atoms with Crippen molar-refractivity contribution in [2.24, 2.45) is 0 Å². The first kappa shape index (κ1) is 18.8. The fraction of sp³-hybridized carbons (Fsp3) is 0.375. The second-order valence-corrected chi connectivity index (χ2v) is 5.41. The van der Waals surface area contributed by atoms with Crippen LogP contribution in [0.4, 0.5) is 23.2 Å². The van der Waals surface area contributed by atoms with Crippen LogP contribution < -0.4 is 10.1 Å². The summed E-state index contributed by atoms with van der Waals surface area (Å²) in [5, 5.41) is 6.00. The van der Waals surface area contributed by atoms with Crippen molar-refractivity contribution >= 4 is 11.6 Å². The fourth-order valence-electron chi connectivity index (χ4n) is 2.28. The summed E-state index contributed by atoms with van der Waals surface area (Å²) < 4.78 is 57.4. The van der Waals surface area contributed by atoms with E-state index in [1.807, 2.05) is 0 Å². The number of carbonyl (C=O) groups is 1. The Bertz CT molecular complexity index is 762. The lowest BCUT2D eigenvalue weighted by Gasteiger charge is -2.17. The lowest BCUT2D eigenvalue weighted by Crippen LogP contribution is -2.26. The molecule has 1 aromatic heterocycles. The van der Waals surface area contributed by atoms with E-state index in [2.05, 4.69) is 10.4 Å². The molecule has 1 heterocycles. The predicted octanol–water partition coefficient (Wildman–Crippen LogP) is 4.28. The lowest BCUT2D eigenvalue weighted by molar-refractivity contribution is -0.119. The van der Waals surface area contributed by atoms with Gasteiger partial charge in [0.05, 0.1) is 12.8 Å². The van der Waals surface area contributed by atoms with Crippen molar-refractivity contribution in [3.63, 3.8) is 0 Å². The van der Waals surface area contributed by atoms with Gasteiger partial charge >= 0.3 is 0 Å². The molecule has 1 unspecified atom stereocenters. The molecule has 136 valence electrons. The van der Waals surface area contributed by atoms with Gasteiger partial charge in [0.15, 0.2) is 0 Å². The highest BCUT2D eigenvalue weighted by Gasteiger charge is 2.27. The van der Waals surface area contributed by atoms with Crippen molar-refractivity contribution in [2.45, 2.75) is 32.7 Å². The minimum atomic E-state index is -3.04. The largest absolute Gasteiger partial charge is 0.495 e. The molecule has 0 aliphatic heterocycles. The maximum atomic E-state index is 13.1. The summed E-state index contributed by atoms with van der Waals surface area (Å²) in [6, 6.07) is 4.44. The summed E-state index contributed by atoms with van der Waals surface area (Å²) in [7, 11) is 1.42. The van der Waals surface area contributed by atoms with Crippen LogP contribution in [-0.2, 0) is 4.79 Å². The summed E-state index contributed by atoms with van der Waals surface area (Å²) in [5.41, 5.74) is -0.354. The van der Waals surface area contributed by atoms with Crippen LogP contribution in [0, 0.1) is 6.92 Å². The molecule has 0 fully saturated rings. The van der Waals surface area contributed by atoms with Gasteiger partial charge in [-0.05, 0) is 37.6 Å². The molecule has 0 saturated heterocycles. The topological polar surface area (TPSA) is 56.1 Å². The van der Waals surface area contributed by atoms with Crippen LogP contribution in [0.2, 0.25) is 0 Å². The smallest absolute Gasteiger partial charge is 0.282 e. The third-order valence-electron chi connectivity index (χ3n) is 3.59. The molecule has 2 aromatic rings. The first-order valence-electron chi connectivity index (χ1n) is 7.35. The van der Waals surface area contributed by atoms with E-state index >= 15 is 0 Å². The van der Waals surface area contributed by atoms with Gasteiger partial charge in [0.25, 0.3) is 12.9 Å². The Hall–Kier alpha value is -2.58. The van der Waals surface area contributed by atoms with Crippen molar-refractivity contribution in [1.29, 1.82) is 0 Å². The SMILES string of the molecule is COc1ccc(C)cc1NC(=O)C(C)n1nc(C(F)F)cc1C(F)F. The van der Waals surface area contributed by atoms with E-state index in [9.17, 15) is 22.4 Å². The van der Waals surface area contributed by atoms with Crippen molar-refractivity contribution in [3.8, 4) is 5.75 Å². The maximum absolute atomic E-state index is 13.1. The molecule has 0 bridgehead atoms. The van der Waals surface area contributed by atoms with Gasteiger partial charge in [-0.25, -0.2) is 17.6 Å². The summed E-state index contributed by atoms with van der Waals surface area (Å²) in [5.74, 6) is -0.302. The van der Waals surface area contributed by atoms with Crippen molar-refractivity contribution in [2.75, 3.05) is 12.4 Å². The van der Waals surface area contributed by atoms with Crippen molar-refractivity contribution in [3.05, 3.63) is 41.2 Å². The summed E-state index contributed by atoms with van der Waals surface area (Å²) in [6.45, 7) is 3.10. The molecule has 2 rings (SSSR count). The number of aromatic nitrogens is 2. The summed E-state index contributed by atoms with van der Waals surface area (Å²) in [6.07, 6.45) is -6.05. The van der Waals surface area contributed by atoms with Crippen LogP contribution >= 0.6 is 0 Å². The number of amides is 1. The molecule has 1 aromatic carbocycles. The molecule has 1 N–H and O–H groups in total. The summed E-state index contributed by atoms with van der Waals surface area (Å²) in [4.78, 5) is 12.4. The van der Waals surface area contributed by atoms with Crippen LogP contribution in [0.25, 0.3) is 0 Å². The van der Waals surface area contributed by atoms with Crippen LogP contribution in [0.3, 0.4) is 0 Å². The van der Waals surface area contributed by atoms with Gasteiger partial charge in [0.2, 0.25) is 5.91 Å². The standard InChI is InChI=1S/C16H17F4N3O2/c1-8-4-5-13(25-3)10(6-8)21-16(24)9(2)23-12(15(19)20)7-11(22-23)14(17)18/h4-7,9,14-15H,1-3H3,(H,21,24). The van der Waals surface area contributed by atoms with E-state index in [1.54, 1.807) is 25.1 Å². The van der Waals surface area contributed by atoms with Gasteiger partial charge in [-0.1, -0.05) is 6.07 Å². The number of benzene rings is 1. The zero-order chi connectivity index (χ0) is 18.7. The molecule has 0 aliphatic rings. The van der Waals surface area contributed by atoms with E-state index in [-0.39, 0.29) is 0 Å². The van der Waals surface area contributed by atoms with Gasteiger partial charge in [-0.3, -0.25) is 9.48 Å². The number of ether oxygens (including phenoxy) is 1. The Morgan fingerprint density at radius 1 is 1.20 bits per heavy atom. The minimum Gasteiger partial charge on any atom is -0.495 e. The molecular weight excluding hydrogens is 342 g/mol. The first-order chi connectivity index (χ1) is 11.7. The third-order valence-corrected chi connectivity index (χ3v) is 3.59. The van der Waals surface area contributed by atoms with Crippen LogP contribution in [0.5, 0.6) is 5.75 Å². The van der Waals surface area contributed by atoms with Crippen LogP contribution in [-0.4, -0.2) is 22.8 Å². The number of alkyl halides is 4. The van der Waals surface area contributed by atoms with E-state index in [1.165, 1.54) is 14.0 Å². The number of anilines is 1. The number of halogens is 4. The number of carbonyl (C=O) groups excluding carboxylic acids is 1. The molecule has 0 spiro atoms. The third kappa shape index (κ3) is 4.09. The molecule has 0 saturated carbocycles.